The predicted molar refractivity (Wildman–Crippen MR) is 89.6 cm³/mol. The lowest BCUT2D eigenvalue weighted by Crippen LogP contribution is -2.38. The minimum atomic E-state index is -0.229. The van der Waals surface area contributed by atoms with E-state index in [4.69, 9.17) is 0 Å². The van der Waals surface area contributed by atoms with Gasteiger partial charge >= 0.3 is 0 Å². The third-order valence-electron chi connectivity index (χ3n) is 4.55. The summed E-state index contributed by atoms with van der Waals surface area (Å²) in [7, 11) is 0. The van der Waals surface area contributed by atoms with Crippen molar-refractivity contribution in [2.24, 2.45) is 0 Å². The third kappa shape index (κ3) is 2.60. The van der Waals surface area contributed by atoms with E-state index < -0.39 is 0 Å². The minimum absolute atomic E-state index is 0.0636. The number of carbonyl (C=O) groups is 1. The van der Waals surface area contributed by atoms with Gasteiger partial charge in [0.1, 0.15) is 11.7 Å². The quantitative estimate of drug-likeness (QED) is 0.927. The molecule has 2 aliphatic heterocycles. The molecule has 1 spiro atoms. The molecule has 1 amide bonds. The van der Waals surface area contributed by atoms with Crippen molar-refractivity contribution in [1.82, 2.24) is 10.2 Å². The molecule has 21 heavy (non-hydrogen) atoms. The zero-order valence-electron chi connectivity index (χ0n) is 12.0. The molecule has 1 aromatic rings. The highest BCUT2D eigenvalue weighted by Crippen LogP contribution is 2.46. The molecule has 0 bridgehead atoms. The summed E-state index contributed by atoms with van der Waals surface area (Å²) in [4.78, 5) is 14.9. The van der Waals surface area contributed by atoms with Crippen LogP contribution in [0.1, 0.15) is 24.6 Å². The first-order valence-electron chi connectivity index (χ1n) is 7.62. The second-order valence-electron chi connectivity index (χ2n) is 6.06. The Balaban J connectivity index is 1.57. The van der Waals surface area contributed by atoms with Crippen molar-refractivity contribution >= 4 is 29.4 Å². The summed E-state index contributed by atoms with van der Waals surface area (Å²) in [6.45, 7) is 0.880. The van der Waals surface area contributed by atoms with Crippen LogP contribution < -0.4 is 5.32 Å². The predicted octanol–water partition coefficient (Wildman–Crippen LogP) is 2.50. The van der Waals surface area contributed by atoms with Crippen LogP contribution in [0, 0.1) is 0 Å². The lowest BCUT2D eigenvalue weighted by molar-refractivity contribution is -0.130. The largest absolute Gasteiger partial charge is 0.320 e. The van der Waals surface area contributed by atoms with E-state index >= 15 is 0 Å². The molecular weight excluding hydrogens is 300 g/mol. The van der Waals surface area contributed by atoms with Gasteiger partial charge in [-0.1, -0.05) is 30.3 Å². The average molecular weight is 320 g/mol. The molecule has 1 aromatic carbocycles. The maximum absolute atomic E-state index is 12.8. The molecule has 1 N–H and O–H groups in total. The molecule has 112 valence electrons. The molecule has 1 saturated carbocycles. The van der Waals surface area contributed by atoms with Crippen molar-refractivity contribution in [3.05, 3.63) is 35.9 Å². The van der Waals surface area contributed by atoms with Crippen molar-refractivity contribution < 1.29 is 4.79 Å². The first-order valence-corrected chi connectivity index (χ1v) is 9.82. The number of thioether (sulfide) groups is 2. The number of nitrogens with zero attached hydrogens (tertiary/aromatic N) is 1. The Morgan fingerprint density at radius 3 is 2.71 bits per heavy atom. The van der Waals surface area contributed by atoms with Gasteiger partial charge in [0.05, 0.1) is 0 Å². The Labute approximate surface area is 134 Å². The molecule has 2 atom stereocenters. The maximum Gasteiger partial charge on any atom is 0.244 e. The zero-order chi connectivity index (χ0) is 14.3. The van der Waals surface area contributed by atoms with Crippen molar-refractivity contribution in [1.29, 1.82) is 0 Å². The normalized spacial score (nSPS) is 30.9. The first-order chi connectivity index (χ1) is 10.3. The van der Waals surface area contributed by atoms with Crippen LogP contribution in [0.3, 0.4) is 0 Å². The third-order valence-corrected chi connectivity index (χ3v) is 7.37. The van der Waals surface area contributed by atoms with Crippen molar-refractivity contribution in [2.45, 2.75) is 29.8 Å². The Morgan fingerprint density at radius 1 is 1.24 bits per heavy atom. The summed E-state index contributed by atoms with van der Waals surface area (Å²) in [5, 5.41) is 4.19. The van der Waals surface area contributed by atoms with E-state index in [1.165, 1.54) is 22.8 Å². The van der Waals surface area contributed by atoms with E-state index in [1.54, 1.807) is 0 Å². The van der Waals surface area contributed by atoms with Crippen LogP contribution in [0.5, 0.6) is 0 Å². The Morgan fingerprint density at radius 2 is 2.05 bits per heavy atom. The van der Waals surface area contributed by atoms with Crippen LogP contribution in [0.2, 0.25) is 0 Å². The number of hydrogen-bond acceptors (Lipinski definition) is 4. The summed E-state index contributed by atoms with van der Waals surface area (Å²) in [5.41, 5.74) is 0.982. The summed E-state index contributed by atoms with van der Waals surface area (Å²) in [5.74, 6) is 3.96. The Bertz CT molecular complexity index is 526. The summed E-state index contributed by atoms with van der Waals surface area (Å²) in [6.07, 6.45) is 2.06. The van der Waals surface area contributed by atoms with E-state index in [2.05, 4.69) is 34.5 Å². The van der Waals surface area contributed by atoms with Gasteiger partial charge in [-0.2, -0.15) is 23.5 Å². The molecule has 1 aliphatic carbocycles. The van der Waals surface area contributed by atoms with Gasteiger partial charge in [0.25, 0.3) is 0 Å². The van der Waals surface area contributed by atoms with Gasteiger partial charge in [0.2, 0.25) is 5.91 Å². The first kappa shape index (κ1) is 14.0. The highest BCUT2D eigenvalue weighted by atomic mass is 32.2. The van der Waals surface area contributed by atoms with Crippen LogP contribution in [0.25, 0.3) is 0 Å². The molecule has 0 aromatic heterocycles. The summed E-state index contributed by atoms with van der Waals surface area (Å²) >= 11 is 4.05. The molecule has 3 aliphatic rings. The highest BCUT2D eigenvalue weighted by Gasteiger charge is 2.59. The molecular formula is C16H20N2OS2. The van der Waals surface area contributed by atoms with Gasteiger partial charge in [-0.25, -0.2) is 0 Å². The fourth-order valence-corrected chi connectivity index (χ4v) is 5.89. The van der Waals surface area contributed by atoms with Crippen LogP contribution in [-0.2, 0) is 4.79 Å². The number of amides is 1. The topological polar surface area (TPSA) is 32.3 Å². The number of carbonyl (C=O) groups excluding carboxylic acids is 1. The van der Waals surface area contributed by atoms with Gasteiger partial charge in [-0.05, 0) is 18.4 Å². The van der Waals surface area contributed by atoms with Gasteiger partial charge < -0.3 is 4.90 Å². The molecule has 2 unspecified atom stereocenters. The van der Waals surface area contributed by atoms with Gasteiger partial charge in [-0.3, -0.25) is 10.1 Å². The fraction of sp³-hybridized carbons (Fsp3) is 0.562. The summed E-state index contributed by atoms with van der Waals surface area (Å²) < 4.78 is 0. The second-order valence-corrected chi connectivity index (χ2v) is 8.62. The van der Waals surface area contributed by atoms with Crippen molar-refractivity contribution in [3.8, 4) is 0 Å². The lowest BCUT2D eigenvalue weighted by Gasteiger charge is -2.30. The fourth-order valence-electron chi connectivity index (χ4n) is 3.23. The molecule has 4 rings (SSSR count). The molecule has 2 heterocycles. The standard InChI is InChI=1S/C16H20N2OS2/c19-15-16(6-7-16)17-14(12-4-2-1-3-5-12)18(15)10-13-11-20-8-9-21-13/h1-5,13-14,17H,6-11H2. The van der Waals surface area contributed by atoms with E-state index in [9.17, 15) is 4.79 Å². The minimum Gasteiger partial charge on any atom is -0.320 e. The van der Waals surface area contributed by atoms with Crippen LogP contribution >= 0.6 is 23.5 Å². The van der Waals surface area contributed by atoms with Crippen molar-refractivity contribution in [3.63, 3.8) is 0 Å². The molecule has 3 fully saturated rings. The van der Waals surface area contributed by atoms with Gasteiger partial charge in [-0.15, -0.1) is 0 Å². The van der Waals surface area contributed by atoms with Crippen LogP contribution in [-0.4, -0.2) is 45.4 Å². The smallest absolute Gasteiger partial charge is 0.244 e. The van der Waals surface area contributed by atoms with Crippen LogP contribution in [0.4, 0.5) is 0 Å². The maximum atomic E-state index is 12.8. The number of benzene rings is 1. The number of hydrogen-bond donors (Lipinski definition) is 1. The van der Waals surface area contributed by atoms with Crippen LogP contribution in [0.15, 0.2) is 30.3 Å². The number of rotatable bonds is 3. The molecule has 0 radical (unpaired) electrons. The molecule has 5 heteroatoms. The van der Waals surface area contributed by atoms with E-state index in [-0.39, 0.29) is 11.7 Å². The monoisotopic (exact) mass is 320 g/mol. The summed E-state index contributed by atoms with van der Waals surface area (Å²) in [6, 6.07) is 10.4. The highest BCUT2D eigenvalue weighted by molar-refractivity contribution is 8.06. The van der Waals surface area contributed by atoms with E-state index in [1.807, 2.05) is 29.6 Å². The average Bonchev–Trinajstić information content (AvgIpc) is 3.27. The van der Waals surface area contributed by atoms with E-state index in [0.29, 0.717) is 11.2 Å². The lowest BCUT2D eigenvalue weighted by atomic mass is 10.1. The number of nitrogens with one attached hydrogen (secondary N) is 1. The van der Waals surface area contributed by atoms with Gasteiger partial charge in [0.15, 0.2) is 0 Å². The van der Waals surface area contributed by atoms with E-state index in [0.717, 1.165) is 19.4 Å². The van der Waals surface area contributed by atoms with Gasteiger partial charge in [0, 0.05) is 29.1 Å². The van der Waals surface area contributed by atoms with Crippen molar-refractivity contribution in [2.75, 3.05) is 23.8 Å². The Kier molecular flexibility index (Phi) is 3.67. The SMILES string of the molecule is O=C1N(CC2CSCCS2)C(c2ccccc2)NC12CC2. The second kappa shape index (κ2) is 5.52. The molecule has 3 nitrogen and oxygen atoms in total. The molecule has 2 saturated heterocycles. The zero-order valence-corrected chi connectivity index (χ0v) is 13.6. The Hall–Kier alpha value is -0.650.